The van der Waals surface area contributed by atoms with Gasteiger partial charge in [-0.3, -0.25) is 9.89 Å². The third kappa shape index (κ3) is 3.28. The van der Waals surface area contributed by atoms with E-state index in [1.807, 2.05) is 0 Å². The highest BCUT2D eigenvalue weighted by Crippen LogP contribution is 2.18. The predicted molar refractivity (Wildman–Crippen MR) is 81.6 cm³/mol. The van der Waals surface area contributed by atoms with Crippen LogP contribution in [0.4, 0.5) is 11.5 Å². The van der Waals surface area contributed by atoms with Crippen LogP contribution in [0.3, 0.4) is 0 Å². The Balaban J connectivity index is 1.77. The summed E-state index contributed by atoms with van der Waals surface area (Å²) in [4.78, 5) is 33.6. The number of piperidine rings is 1. The number of nitrogens with zero attached hydrogens (tertiary/aromatic N) is 4. The van der Waals surface area contributed by atoms with E-state index in [1.165, 1.54) is 18.9 Å². The number of aromatic amines is 1. The van der Waals surface area contributed by atoms with Crippen LogP contribution in [-0.4, -0.2) is 50.2 Å². The zero-order valence-electron chi connectivity index (χ0n) is 12.3. The van der Waals surface area contributed by atoms with Crippen molar-refractivity contribution < 1.29 is 14.7 Å². The molecule has 23 heavy (non-hydrogen) atoms. The number of hydrogen-bond donors (Lipinski definition) is 3. The fraction of sp³-hybridized carbons (Fsp3) is 0.357. The number of H-pyrrole nitrogens is 1. The molecule has 0 aliphatic carbocycles. The monoisotopic (exact) mass is 316 g/mol. The third-order valence-corrected chi connectivity index (χ3v) is 3.67. The summed E-state index contributed by atoms with van der Waals surface area (Å²) in [5, 5.41) is 17.4. The number of amides is 1. The van der Waals surface area contributed by atoms with Crippen molar-refractivity contribution in [1.82, 2.24) is 20.2 Å². The first-order valence-electron chi connectivity index (χ1n) is 7.30. The smallest absolute Gasteiger partial charge is 0.356 e. The summed E-state index contributed by atoms with van der Waals surface area (Å²) in [7, 11) is 0. The summed E-state index contributed by atoms with van der Waals surface area (Å²) in [5.74, 6) is -1.00. The Morgan fingerprint density at radius 3 is 2.74 bits per heavy atom. The molecule has 0 bridgehead atoms. The second-order valence-electron chi connectivity index (χ2n) is 5.23. The second kappa shape index (κ2) is 6.42. The molecule has 3 N–H and O–H groups in total. The number of anilines is 2. The summed E-state index contributed by atoms with van der Waals surface area (Å²) >= 11 is 0. The van der Waals surface area contributed by atoms with Crippen LogP contribution in [0.5, 0.6) is 0 Å². The van der Waals surface area contributed by atoms with Gasteiger partial charge in [0.1, 0.15) is 17.8 Å². The van der Waals surface area contributed by atoms with Gasteiger partial charge < -0.3 is 15.3 Å². The zero-order chi connectivity index (χ0) is 16.2. The van der Waals surface area contributed by atoms with Crippen LogP contribution in [0.2, 0.25) is 0 Å². The van der Waals surface area contributed by atoms with Gasteiger partial charge in [-0.2, -0.15) is 5.10 Å². The number of aromatic carboxylic acids is 1. The molecule has 2 aromatic rings. The molecule has 0 atom stereocenters. The van der Waals surface area contributed by atoms with Crippen LogP contribution < -0.4 is 10.2 Å². The van der Waals surface area contributed by atoms with Gasteiger partial charge in [-0.1, -0.05) is 0 Å². The Kier molecular flexibility index (Phi) is 4.18. The van der Waals surface area contributed by atoms with E-state index in [9.17, 15) is 9.59 Å². The molecule has 2 aromatic heterocycles. The maximum Gasteiger partial charge on any atom is 0.356 e. The van der Waals surface area contributed by atoms with Gasteiger partial charge in [0.25, 0.3) is 5.91 Å². The maximum atomic E-state index is 12.3. The fourth-order valence-electron chi connectivity index (χ4n) is 2.50. The van der Waals surface area contributed by atoms with E-state index in [0.717, 1.165) is 25.9 Å². The maximum absolute atomic E-state index is 12.3. The van der Waals surface area contributed by atoms with Crippen molar-refractivity contribution in [3.8, 4) is 0 Å². The topological polar surface area (TPSA) is 124 Å². The van der Waals surface area contributed by atoms with Crippen molar-refractivity contribution in [2.45, 2.75) is 19.3 Å². The molecule has 3 rings (SSSR count). The summed E-state index contributed by atoms with van der Waals surface area (Å²) in [6.07, 6.45) is 5.98. The SMILES string of the molecule is O=C(Nc1cn[nH]c1C(=O)O)c1cc(N2CCCCC2)ncn1. The van der Waals surface area contributed by atoms with E-state index >= 15 is 0 Å². The molecule has 9 heteroatoms. The number of carboxylic acid groups (broad SMARTS) is 1. The number of carbonyl (C=O) groups excluding carboxylic acids is 1. The number of aromatic nitrogens is 4. The van der Waals surface area contributed by atoms with Crippen molar-refractivity contribution in [2.24, 2.45) is 0 Å². The Morgan fingerprint density at radius 1 is 1.22 bits per heavy atom. The average molecular weight is 316 g/mol. The second-order valence-corrected chi connectivity index (χ2v) is 5.23. The summed E-state index contributed by atoms with van der Waals surface area (Å²) in [6, 6.07) is 1.61. The van der Waals surface area contributed by atoms with Crippen LogP contribution in [-0.2, 0) is 0 Å². The van der Waals surface area contributed by atoms with Crippen molar-refractivity contribution in [2.75, 3.05) is 23.3 Å². The van der Waals surface area contributed by atoms with Crippen LogP contribution in [0.1, 0.15) is 40.2 Å². The molecule has 1 fully saturated rings. The molecule has 1 amide bonds. The molecule has 0 aromatic carbocycles. The largest absolute Gasteiger partial charge is 0.476 e. The molecule has 1 aliphatic rings. The lowest BCUT2D eigenvalue weighted by molar-refractivity contribution is 0.0691. The first kappa shape index (κ1) is 14.9. The molecular weight excluding hydrogens is 300 g/mol. The van der Waals surface area contributed by atoms with Crippen LogP contribution in [0, 0.1) is 0 Å². The Bertz CT molecular complexity index is 723. The zero-order valence-corrected chi connectivity index (χ0v) is 12.3. The lowest BCUT2D eigenvalue weighted by Crippen LogP contribution is -2.30. The van der Waals surface area contributed by atoms with Gasteiger partial charge in [-0.05, 0) is 19.3 Å². The number of carbonyl (C=O) groups is 2. The molecule has 9 nitrogen and oxygen atoms in total. The first-order valence-corrected chi connectivity index (χ1v) is 7.30. The van der Waals surface area contributed by atoms with E-state index in [1.54, 1.807) is 6.07 Å². The van der Waals surface area contributed by atoms with E-state index in [4.69, 9.17) is 5.11 Å². The highest BCUT2D eigenvalue weighted by Gasteiger charge is 2.18. The molecule has 120 valence electrons. The number of nitrogens with one attached hydrogen (secondary N) is 2. The van der Waals surface area contributed by atoms with E-state index in [0.29, 0.717) is 5.82 Å². The fourth-order valence-corrected chi connectivity index (χ4v) is 2.50. The molecule has 1 aliphatic heterocycles. The van der Waals surface area contributed by atoms with Gasteiger partial charge in [-0.15, -0.1) is 0 Å². The first-order chi connectivity index (χ1) is 11.1. The normalized spacial score (nSPS) is 14.5. The average Bonchev–Trinajstić information content (AvgIpc) is 3.04. The van der Waals surface area contributed by atoms with Gasteiger partial charge in [-0.25, -0.2) is 14.8 Å². The van der Waals surface area contributed by atoms with E-state index in [-0.39, 0.29) is 17.1 Å². The third-order valence-electron chi connectivity index (χ3n) is 3.67. The standard InChI is InChI=1S/C14H16N6O3/c21-13(18-10-7-17-19-12(10)14(22)23)9-6-11(16-8-15-9)20-4-2-1-3-5-20/h6-8H,1-5H2,(H,17,19)(H,18,21)(H,22,23). The highest BCUT2D eigenvalue weighted by molar-refractivity contribution is 6.06. The molecule has 0 unspecified atom stereocenters. The predicted octanol–water partition coefficient (Wildman–Crippen LogP) is 1.14. The van der Waals surface area contributed by atoms with Gasteiger partial charge in [0.2, 0.25) is 0 Å². The van der Waals surface area contributed by atoms with Crippen molar-refractivity contribution in [3.05, 3.63) is 30.0 Å². The van der Waals surface area contributed by atoms with Crippen LogP contribution in [0.25, 0.3) is 0 Å². The quantitative estimate of drug-likeness (QED) is 0.772. The lowest BCUT2D eigenvalue weighted by Gasteiger charge is -2.27. The van der Waals surface area contributed by atoms with Crippen molar-refractivity contribution >= 4 is 23.4 Å². The van der Waals surface area contributed by atoms with Gasteiger partial charge in [0, 0.05) is 19.2 Å². The minimum absolute atomic E-state index is 0.0978. The van der Waals surface area contributed by atoms with Crippen molar-refractivity contribution in [1.29, 1.82) is 0 Å². The Labute approximate surface area is 131 Å². The molecule has 0 radical (unpaired) electrons. The number of carboxylic acids is 1. The van der Waals surface area contributed by atoms with Gasteiger partial charge in [0.05, 0.1) is 11.9 Å². The summed E-state index contributed by atoms with van der Waals surface area (Å²) in [6.45, 7) is 1.81. The minimum atomic E-state index is -1.20. The number of rotatable bonds is 4. The van der Waals surface area contributed by atoms with E-state index in [2.05, 4.69) is 30.4 Å². The summed E-state index contributed by atoms with van der Waals surface area (Å²) < 4.78 is 0. The van der Waals surface area contributed by atoms with Crippen LogP contribution >= 0.6 is 0 Å². The summed E-state index contributed by atoms with van der Waals surface area (Å²) in [5.41, 5.74) is 0.0995. The molecular formula is C14H16N6O3. The molecule has 0 spiro atoms. The molecule has 1 saturated heterocycles. The van der Waals surface area contributed by atoms with Gasteiger partial charge in [0.15, 0.2) is 5.69 Å². The van der Waals surface area contributed by atoms with Crippen molar-refractivity contribution in [3.63, 3.8) is 0 Å². The Morgan fingerprint density at radius 2 is 2.00 bits per heavy atom. The number of hydrogen-bond acceptors (Lipinski definition) is 6. The highest BCUT2D eigenvalue weighted by atomic mass is 16.4. The lowest BCUT2D eigenvalue weighted by atomic mass is 10.1. The van der Waals surface area contributed by atoms with Gasteiger partial charge >= 0.3 is 5.97 Å². The van der Waals surface area contributed by atoms with Crippen LogP contribution in [0.15, 0.2) is 18.6 Å². The minimum Gasteiger partial charge on any atom is -0.476 e. The molecule has 0 saturated carbocycles. The van der Waals surface area contributed by atoms with E-state index < -0.39 is 11.9 Å². The Hall–Kier alpha value is -2.97. The molecule has 3 heterocycles.